The van der Waals surface area contributed by atoms with Gasteiger partial charge in [0, 0.05) is 31.0 Å². The van der Waals surface area contributed by atoms with Gasteiger partial charge < -0.3 is 40.2 Å². The van der Waals surface area contributed by atoms with Crippen molar-refractivity contribution in [2.24, 2.45) is 0 Å². The molecule has 7 aromatic rings. The molecule has 17 heteroatoms. The highest BCUT2D eigenvalue weighted by Gasteiger charge is 2.38. The van der Waals surface area contributed by atoms with E-state index in [0.29, 0.717) is 42.3 Å². The standard InChI is InChI=1S/C44H42N10O6S/c1-60-44(59)51-37(29-12-6-3-7-13-29)41(56)54-21-9-15-34(54)39-46-23-31(48-39)35-25-52-24-32(49-42(52)61-35)27-18-16-26(17-19-27)30-22-45-38(47-30)33-14-8-20-53(33)40(55)36(50-43(57)58)28-10-4-2-5-11-28/h2-7,10-13,16-19,22-25,33-34,36-37,50H,8-9,14-15,20-21H2,1H3,(H,45,47)(H,46,48)(H,51,59)(H,57,58)/t33-,34?,36+,37+/m0/s1. The zero-order valence-corrected chi connectivity index (χ0v) is 33.8. The summed E-state index contributed by atoms with van der Waals surface area (Å²) < 4.78 is 6.81. The number of nitrogens with zero attached hydrogens (tertiary/aromatic N) is 6. The number of ether oxygens (including phenoxy) is 1. The molecule has 2 saturated heterocycles. The summed E-state index contributed by atoms with van der Waals surface area (Å²) in [6, 6.07) is 23.5. The van der Waals surface area contributed by atoms with Gasteiger partial charge in [0.05, 0.1) is 53.5 Å². The molecule has 4 atom stereocenters. The SMILES string of the molecule is COC(=O)N[C@@H](C(=O)N1CCCC1c1ncc(-c2cn3cc(-c4ccc(-c5cnc([C@@H]6CCCN6C(=O)[C@H](NC(=O)O)c6ccccc6)[nH]5)cc4)nc3s2)[nH]1)c1ccccc1. The lowest BCUT2D eigenvalue weighted by molar-refractivity contribution is -0.135. The van der Waals surface area contributed by atoms with Crippen LogP contribution in [0, 0.1) is 0 Å². The molecule has 4 amide bonds. The number of hydrogen-bond donors (Lipinski definition) is 5. The van der Waals surface area contributed by atoms with E-state index in [0.717, 1.165) is 57.3 Å². The van der Waals surface area contributed by atoms with E-state index >= 15 is 0 Å². The lowest BCUT2D eigenvalue weighted by Gasteiger charge is -2.28. The highest BCUT2D eigenvalue weighted by Crippen LogP contribution is 2.37. The van der Waals surface area contributed by atoms with Gasteiger partial charge in [-0.05, 0) is 42.4 Å². The molecule has 1 unspecified atom stereocenters. The van der Waals surface area contributed by atoms with E-state index in [1.807, 2.05) is 77.5 Å². The van der Waals surface area contributed by atoms with Crippen molar-refractivity contribution in [3.05, 3.63) is 132 Å². The van der Waals surface area contributed by atoms with Crippen molar-refractivity contribution in [3.63, 3.8) is 0 Å². The molecule has 2 aliphatic heterocycles. The van der Waals surface area contributed by atoms with Crippen LogP contribution >= 0.6 is 11.3 Å². The van der Waals surface area contributed by atoms with E-state index in [4.69, 9.17) is 14.7 Å². The van der Waals surface area contributed by atoms with Crippen molar-refractivity contribution < 1.29 is 29.0 Å². The van der Waals surface area contributed by atoms with Crippen LogP contribution in [0.15, 0.2) is 110 Å². The lowest BCUT2D eigenvalue weighted by atomic mass is 10.1. The Morgan fingerprint density at radius 2 is 1.28 bits per heavy atom. The van der Waals surface area contributed by atoms with Gasteiger partial charge >= 0.3 is 12.2 Å². The van der Waals surface area contributed by atoms with E-state index in [-0.39, 0.29) is 23.9 Å². The Hall–Kier alpha value is -7.27. The van der Waals surface area contributed by atoms with Gasteiger partial charge in [-0.3, -0.25) is 14.0 Å². The molecule has 16 nitrogen and oxygen atoms in total. The number of methoxy groups -OCH3 is 1. The molecular weight excluding hydrogens is 797 g/mol. The van der Waals surface area contributed by atoms with E-state index in [2.05, 4.69) is 25.6 Å². The number of carboxylic acid groups (broad SMARTS) is 1. The van der Waals surface area contributed by atoms with Crippen molar-refractivity contribution in [2.45, 2.75) is 49.9 Å². The number of nitrogens with one attached hydrogen (secondary N) is 4. The van der Waals surface area contributed by atoms with E-state index in [1.54, 1.807) is 46.5 Å². The number of H-pyrrole nitrogens is 2. The predicted octanol–water partition coefficient (Wildman–Crippen LogP) is 7.28. The van der Waals surface area contributed by atoms with Crippen LogP contribution in [-0.2, 0) is 14.3 Å². The number of imidazole rings is 3. The largest absolute Gasteiger partial charge is 0.465 e. The molecule has 0 saturated carbocycles. The highest BCUT2D eigenvalue weighted by molar-refractivity contribution is 7.20. The van der Waals surface area contributed by atoms with Crippen molar-refractivity contribution in [3.8, 4) is 33.1 Å². The molecule has 3 aromatic carbocycles. The fourth-order valence-corrected chi connectivity index (χ4v) is 9.22. The second kappa shape index (κ2) is 16.8. The van der Waals surface area contributed by atoms with Gasteiger partial charge in [0.25, 0.3) is 11.8 Å². The first-order chi connectivity index (χ1) is 29.7. The molecule has 4 aromatic heterocycles. The maximum Gasteiger partial charge on any atom is 0.407 e. The average molecular weight is 839 g/mol. The molecule has 0 spiro atoms. The monoisotopic (exact) mass is 838 g/mol. The Labute approximate surface area is 353 Å². The molecule has 0 aliphatic carbocycles. The van der Waals surface area contributed by atoms with Gasteiger partial charge in [0.15, 0.2) is 4.96 Å². The normalized spacial score (nSPS) is 17.3. The topological polar surface area (TPSA) is 203 Å². The third-order valence-electron chi connectivity index (χ3n) is 11.3. The minimum Gasteiger partial charge on any atom is -0.465 e. The Morgan fingerprint density at radius 1 is 0.738 bits per heavy atom. The van der Waals surface area contributed by atoms with Gasteiger partial charge in [-0.2, -0.15) is 0 Å². The quantitative estimate of drug-likeness (QED) is 0.0888. The molecule has 2 fully saturated rings. The van der Waals surface area contributed by atoms with Gasteiger partial charge in [0.1, 0.15) is 23.7 Å². The molecule has 5 N–H and O–H groups in total. The fourth-order valence-electron chi connectivity index (χ4n) is 8.29. The van der Waals surface area contributed by atoms with Crippen LogP contribution in [0.4, 0.5) is 9.59 Å². The number of carbonyl (C=O) groups is 4. The molecule has 0 radical (unpaired) electrons. The van der Waals surface area contributed by atoms with E-state index in [9.17, 15) is 24.3 Å². The van der Waals surface area contributed by atoms with Crippen LogP contribution in [0.1, 0.15) is 72.6 Å². The molecule has 61 heavy (non-hydrogen) atoms. The summed E-state index contributed by atoms with van der Waals surface area (Å²) in [7, 11) is 1.27. The number of alkyl carbamates (subject to hydrolysis) is 1. The molecule has 6 heterocycles. The van der Waals surface area contributed by atoms with Crippen LogP contribution < -0.4 is 10.6 Å². The number of benzene rings is 3. The Morgan fingerprint density at radius 3 is 1.84 bits per heavy atom. The molecule has 310 valence electrons. The van der Waals surface area contributed by atoms with Crippen molar-refractivity contribution in [2.75, 3.05) is 20.2 Å². The maximum atomic E-state index is 13.9. The summed E-state index contributed by atoms with van der Waals surface area (Å²) in [6.07, 6.45) is 8.62. The predicted molar refractivity (Wildman–Crippen MR) is 226 cm³/mol. The van der Waals surface area contributed by atoms with E-state index in [1.165, 1.54) is 18.4 Å². The number of aromatic nitrogens is 6. The van der Waals surface area contributed by atoms with Crippen molar-refractivity contribution >= 4 is 40.3 Å². The van der Waals surface area contributed by atoms with Gasteiger partial charge in [-0.1, -0.05) is 96.3 Å². The smallest absolute Gasteiger partial charge is 0.407 e. The molecular formula is C44H42N10O6S. The number of fused-ring (bicyclic) bond motifs is 1. The Balaban J connectivity index is 0.870. The number of aromatic amines is 2. The summed E-state index contributed by atoms with van der Waals surface area (Å²) in [4.78, 5) is 77.9. The van der Waals surface area contributed by atoms with Gasteiger partial charge in [-0.25, -0.2) is 24.5 Å². The Kier molecular flexibility index (Phi) is 10.8. The number of rotatable bonds is 11. The van der Waals surface area contributed by atoms with Crippen LogP contribution in [0.5, 0.6) is 0 Å². The van der Waals surface area contributed by atoms with Crippen LogP contribution in [0.25, 0.3) is 38.0 Å². The second-order valence-corrected chi connectivity index (χ2v) is 16.0. The first-order valence-corrected chi connectivity index (χ1v) is 20.8. The van der Waals surface area contributed by atoms with Gasteiger partial charge in [-0.15, -0.1) is 0 Å². The fraction of sp³-hybridized carbons (Fsp3) is 0.250. The number of amides is 4. The minimum atomic E-state index is -1.26. The Bertz CT molecular complexity index is 2660. The first kappa shape index (κ1) is 39.2. The third kappa shape index (κ3) is 7.94. The highest BCUT2D eigenvalue weighted by atomic mass is 32.1. The van der Waals surface area contributed by atoms with Crippen LogP contribution in [0.2, 0.25) is 0 Å². The average Bonchev–Trinajstić information content (AvgIpc) is 4.14. The van der Waals surface area contributed by atoms with E-state index < -0.39 is 24.3 Å². The number of likely N-dealkylation sites (tertiary alicyclic amines) is 2. The second-order valence-electron chi connectivity index (χ2n) is 15.0. The maximum absolute atomic E-state index is 13.9. The summed E-state index contributed by atoms with van der Waals surface area (Å²) in [5.41, 5.74) is 5.55. The summed E-state index contributed by atoms with van der Waals surface area (Å²) in [5.74, 6) is 0.798. The third-order valence-corrected chi connectivity index (χ3v) is 12.3. The van der Waals surface area contributed by atoms with Crippen molar-refractivity contribution in [1.82, 2.24) is 49.8 Å². The summed E-state index contributed by atoms with van der Waals surface area (Å²) in [6.45, 7) is 1.04. The first-order valence-electron chi connectivity index (χ1n) is 20.0. The lowest BCUT2D eigenvalue weighted by Crippen LogP contribution is -2.42. The van der Waals surface area contributed by atoms with Crippen LogP contribution in [-0.4, -0.2) is 88.4 Å². The number of hydrogen-bond acceptors (Lipinski definition) is 9. The molecule has 9 rings (SSSR count). The number of carbonyl (C=O) groups excluding carboxylic acids is 3. The molecule has 0 bridgehead atoms. The zero-order chi connectivity index (χ0) is 42.0. The van der Waals surface area contributed by atoms with Gasteiger partial charge in [0.2, 0.25) is 0 Å². The number of thiazole rings is 1. The van der Waals surface area contributed by atoms with Crippen molar-refractivity contribution in [1.29, 1.82) is 0 Å². The summed E-state index contributed by atoms with van der Waals surface area (Å²) in [5, 5.41) is 14.6. The zero-order valence-electron chi connectivity index (χ0n) is 33.0. The minimum absolute atomic E-state index is 0.225. The molecule has 2 aliphatic rings. The van der Waals surface area contributed by atoms with Crippen LogP contribution in [0.3, 0.4) is 0 Å². The summed E-state index contributed by atoms with van der Waals surface area (Å²) >= 11 is 1.52.